The zero-order chi connectivity index (χ0) is 20.2. The van der Waals surface area contributed by atoms with E-state index in [0.29, 0.717) is 51.2 Å². The normalized spacial score (nSPS) is 23.0. The van der Waals surface area contributed by atoms with Gasteiger partial charge in [0.2, 0.25) is 11.8 Å². The van der Waals surface area contributed by atoms with Crippen LogP contribution in [0.15, 0.2) is 0 Å². The molecule has 3 atom stereocenters. The van der Waals surface area contributed by atoms with E-state index in [9.17, 15) is 14.4 Å². The summed E-state index contributed by atoms with van der Waals surface area (Å²) >= 11 is 1.90. The molecule has 9 nitrogen and oxygen atoms in total. The number of thioether (sulfide) groups is 1. The molecule has 0 aliphatic carbocycles. The van der Waals surface area contributed by atoms with E-state index < -0.39 is 0 Å². The van der Waals surface area contributed by atoms with Crippen LogP contribution in [-0.4, -0.2) is 80.4 Å². The van der Waals surface area contributed by atoms with Gasteiger partial charge in [0.1, 0.15) is 0 Å². The van der Waals surface area contributed by atoms with Crippen molar-refractivity contribution in [1.82, 2.24) is 21.3 Å². The van der Waals surface area contributed by atoms with Gasteiger partial charge in [0, 0.05) is 37.4 Å². The molecular weight excluding hydrogens is 384 g/mol. The third-order valence-electron chi connectivity index (χ3n) is 4.64. The van der Waals surface area contributed by atoms with Crippen molar-refractivity contribution in [2.75, 3.05) is 45.3 Å². The van der Waals surface area contributed by atoms with Crippen molar-refractivity contribution in [3.05, 3.63) is 0 Å². The molecule has 2 aliphatic heterocycles. The first kappa shape index (κ1) is 22.8. The zero-order valence-corrected chi connectivity index (χ0v) is 17.3. The molecule has 0 radical (unpaired) electrons. The van der Waals surface area contributed by atoms with E-state index in [0.717, 1.165) is 25.0 Å². The molecule has 0 aromatic rings. The Hall–Kier alpha value is -1.52. The number of ether oxygens (including phenoxy) is 2. The first-order valence-electron chi connectivity index (χ1n) is 9.91. The zero-order valence-electron chi connectivity index (χ0n) is 16.5. The van der Waals surface area contributed by atoms with Crippen LogP contribution in [0, 0.1) is 0 Å². The Bertz CT molecular complexity index is 522. The summed E-state index contributed by atoms with van der Waals surface area (Å²) in [5.74, 6) is 0.943. The summed E-state index contributed by atoms with van der Waals surface area (Å²) in [6.45, 7) is 4.29. The lowest BCUT2D eigenvalue weighted by Crippen LogP contribution is -2.36. The minimum absolute atomic E-state index is 0.0444. The van der Waals surface area contributed by atoms with Crippen LogP contribution >= 0.6 is 11.8 Å². The minimum atomic E-state index is -0.0683. The number of amides is 4. The van der Waals surface area contributed by atoms with Gasteiger partial charge in [-0.1, -0.05) is 6.42 Å². The Morgan fingerprint density at radius 1 is 1.07 bits per heavy atom. The average Bonchev–Trinajstić information content (AvgIpc) is 3.19. The highest BCUT2D eigenvalue weighted by Gasteiger charge is 2.42. The maximum atomic E-state index is 11.8. The number of nitrogens with one attached hydrogen (secondary N) is 4. The maximum Gasteiger partial charge on any atom is 0.315 e. The Morgan fingerprint density at radius 3 is 2.50 bits per heavy atom. The van der Waals surface area contributed by atoms with Crippen LogP contribution in [-0.2, 0) is 19.1 Å². The third kappa shape index (κ3) is 8.66. The van der Waals surface area contributed by atoms with Crippen molar-refractivity contribution in [2.45, 2.75) is 49.9 Å². The van der Waals surface area contributed by atoms with Gasteiger partial charge in [-0.15, -0.1) is 0 Å². The molecule has 2 saturated heterocycles. The van der Waals surface area contributed by atoms with Gasteiger partial charge in [0.25, 0.3) is 0 Å². The van der Waals surface area contributed by atoms with Crippen molar-refractivity contribution < 1.29 is 23.9 Å². The molecule has 4 amide bonds. The molecule has 0 aromatic heterocycles. The van der Waals surface area contributed by atoms with E-state index in [1.807, 2.05) is 11.8 Å². The number of rotatable bonds is 14. The number of urea groups is 1. The predicted octanol–water partition coefficient (Wildman–Crippen LogP) is -0.00230. The number of hydrogen-bond donors (Lipinski definition) is 4. The summed E-state index contributed by atoms with van der Waals surface area (Å²) in [7, 11) is 0. The van der Waals surface area contributed by atoms with Gasteiger partial charge in [0.05, 0.1) is 38.5 Å². The maximum absolute atomic E-state index is 11.8. The minimum Gasteiger partial charge on any atom is -0.377 e. The molecule has 4 N–H and O–H groups in total. The van der Waals surface area contributed by atoms with Crippen LogP contribution in [0.3, 0.4) is 0 Å². The second kappa shape index (κ2) is 12.8. The van der Waals surface area contributed by atoms with Gasteiger partial charge in [-0.05, 0) is 12.8 Å². The monoisotopic (exact) mass is 416 g/mol. The molecular formula is C18H32N4O5S. The molecule has 3 unspecified atom stereocenters. The van der Waals surface area contributed by atoms with Gasteiger partial charge in [0.15, 0.2) is 0 Å². The topological polar surface area (TPSA) is 118 Å². The summed E-state index contributed by atoms with van der Waals surface area (Å²) in [4.78, 5) is 33.8. The lowest BCUT2D eigenvalue weighted by atomic mass is 10.0. The van der Waals surface area contributed by atoms with E-state index in [4.69, 9.17) is 9.47 Å². The molecule has 0 bridgehead atoms. The molecule has 0 spiro atoms. The van der Waals surface area contributed by atoms with Gasteiger partial charge in [-0.3, -0.25) is 9.59 Å². The van der Waals surface area contributed by atoms with E-state index in [1.54, 1.807) is 0 Å². The lowest BCUT2D eigenvalue weighted by molar-refractivity contribution is -0.121. The fourth-order valence-corrected chi connectivity index (χ4v) is 4.79. The number of unbranched alkanes of at least 4 members (excludes halogenated alkanes) is 1. The summed E-state index contributed by atoms with van der Waals surface area (Å²) in [6.07, 6.45) is 3.37. The van der Waals surface area contributed by atoms with Gasteiger partial charge >= 0.3 is 6.03 Å². The van der Waals surface area contributed by atoms with Crippen LogP contribution in [0.25, 0.3) is 0 Å². The fourth-order valence-electron chi connectivity index (χ4n) is 3.25. The molecule has 0 aromatic carbocycles. The third-order valence-corrected chi connectivity index (χ3v) is 6.15. The smallest absolute Gasteiger partial charge is 0.315 e. The van der Waals surface area contributed by atoms with Crippen molar-refractivity contribution in [3.8, 4) is 0 Å². The Balaban J connectivity index is 1.36. The number of carbonyl (C=O) groups excluding carboxylic acids is 3. The summed E-state index contributed by atoms with van der Waals surface area (Å²) in [6, 6.07) is 0.435. The standard InChI is InChI=1S/C18H32N4O5S/c1-13(23)19-6-8-26-10-11-27-9-7-20-16(24)5-3-2-4-15-17-14(12-28-15)21-18(25)22-17/h14-15,17H,2-12H2,1H3,(H,19,23)(H,20,24)(H2,21,22,25). The van der Waals surface area contributed by atoms with Crippen LogP contribution in [0.4, 0.5) is 4.79 Å². The molecule has 160 valence electrons. The average molecular weight is 417 g/mol. The Labute approximate surface area is 170 Å². The van der Waals surface area contributed by atoms with Crippen molar-refractivity contribution >= 4 is 29.6 Å². The van der Waals surface area contributed by atoms with Crippen molar-refractivity contribution in [2.24, 2.45) is 0 Å². The fraction of sp³-hybridized carbons (Fsp3) is 0.833. The summed E-state index contributed by atoms with van der Waals surface area (Å²) < 4.78 is 10.7. The van der Waals surface area contributed by atoms with E-state index in [1.165, 1.54) is 6.92 Å². The molecule has 2 aliphatic rings. The first-order chi connectivity index (χ1) is 13.6. The van der Waals surface area contributed by atoms with Crippen LogP contribution < -0.4 is 21.3 Å². The molecule has 0 saturated carbocycles. The lowest BCUT2D eigenvalue weighted by Gasteiger charge is -2.16. The molecule has 2 rings (SSSR count). The van der Waals surface area contributed by atoms with Crippen LogP contribution in [0.1, 0.15) is 32.6 Å². The number of hydrogen-bond acceptors (Lipinski definition) is 6. The number of fused-ring (bicyclic) bond motifs is 1. The highest BCUT2D eigenvalue weighted by Crippen LogP contribution is 2.33. The first-order valence-corrected chi connectivity index (χ1v) is 11.0. The van der Waals surface area contributed by atoms with E-state index >= 15 is 0 Å². The summed E-state index contributed by atoms with van der Waals surface area (Å²) in [5.41, 5.74) is 0. The second-order valence-electron chi connectivity index (χ2n) is 6.93. The predicted molar refractivity (Wildman–Crippen MR) is 107 cm³/mol. The highest BCUT2D eigenvalue weighted by molar-refractivity contribution is 8.00. The van der Waals surface area contributed by atoms with E-state index in [-0.39, 0.29) is 29.9 Å². The SMILES string of the molecule is CC(=O)NCCOCCOCCNC(=O)CCCCC1SCC2NC(=O)NC21. The summed E-state index contributed by atoms with van der Waals surface area (Å²) in [5, 5.41) is 11.9. The van der Waals surface area contributed by atoms with Gasteiger partial charge in [-0.25, -0.2) is 4.79 Å². The van der Waals surface area contributed by atoms with Crippen molar-refractivity contribution in [1.29, 1.82) is 0 Å². The highest BCUT2D eigenvalue weighted by atomic mass is 32.2. The Morgan fingerprint density at radius 2 is 1.79 bits per heavy atom. The molecule has 28 heavy (non-hydrogen) atoms. The molecule has 2 fully saturated rings. The van der Waals surface area contributed by atoms with Crippen LogP contribution in [0.5, 0.6) is 0 Å². The quantitative estimate of drug-likeness (QED) is 0.234. The van der Waals surface area contributed by atoms with Gasteiger partial charge in [-0.2, -0.15) is 11.8 Å². The molecule has 10 heteroatoms. The van der Waals surface area contributed by atoms with Crippen LogP contribution in [0.2, 0.25) is 0 Å². The Kier molecular flexibility index (Phi) is 10.4. The molecule has 2 heterocycles. The number of carbonyl (C=O) groups is 3. The van der Waals surface area contributed by atoms with E-state index in [2.05, 4.69) is 21.3 Å². The van der Waals surface area contributed by atoms with Gasteiger partial charge < -0.3 is 30.7 Å². The van der Waals surface area contributed by atoms with Crippen molar-refractivity contribution in [3.63, 3.8) is 0 Å². The second-order valence-corrected chi connectivity index (χ2v) is 8.20. The largest absolute Gasteiger partial charge is 0.377 e.